The van der Waals surface area contributed by atoms with Gasteiger partial charge in [-0.3, -0.25) is 0 Å². The monoisotopic (exact) mass is 600 g/mol. The van der Waals surface area contributed by atoms with Gasteiger partial charge in [-0.2, -0.15) is 0 Å². The molecule has 0 unspecified atom stereocenters. The van der Waals surface area contributed by atoms with Crippen LogP contribution in [0.15, 0.2) is 42.2 Å². The number of rotatable bonds is 0. The third-order valence-electron chi connectivity index (χ3n) is 2.25. The van der Waals surface area contributed by atoms with Gasteiger partial charge in [-0.25, -0.2) is 0 Å². The summed E-state index contributed by atoms with van der Waals surface area (Å²) in [5.41, 5.74) is 24.5. The smallest absolute Gasteiger partial charge is 0.0692 e. The fourth-order valence-electron chi connectivity index (χ4n) is 1.21. The fourth-order valence-corrected chi connectivity index (χ4v) is 3.73. The van der Waals surface area contributed by atoms with E-state index in [1.54, 1.807) is 12.1 Å². The largest absolute Gasteiger partial charge is 0.397 e. The molecule has 0 saturated carbocycles. The number of hydrogen-bond donors (Lipinski definition) is 4. The van der Waals surface area contributed by atoms with Crippen molar-refractivity contribution < 1.29 is 0 Å². The topological polar surface area (TPSA) is 104 Å². The highest BCUT2D eigenvalue weighted by Gasteiger charge is 2.00. The minimum Gasteiger partial charge on any atom is -0.397 e. The molecule has 2 aromatic rings. The van der Waals surface area contributed by atoms with Gasteiger partial charge in [-0.15, -0.1) is 24.8 Å². The summed E-state index contributed by atoms with van der Waals surface area (Å²) < 4.78 is 3.48. The zero-order valence-electron chi connectivity index (χ0n) is 10.9. The highest BCUT2D eigenvalue weighted by atomic mass is 79.9. The summed E-state index contributed by atoms with van der Waals surface area (Å²) in [5, 5.41) is 0. The van der Waals surface area contributed by atoms with Crippen molar-refractivity contribution in [1.82, 2.24) is 0 Å². The highest BCUT2D eigenvalue weighted by molar-refractivity contribution is 9.11. The lowest BCUT2D eigenvalue weighted by Gasteiger charge is -2.02. The van der Waals surface area contributed by atoms with Gasteiger partial charge in [-0.1, -0.05) is 31.9 Å². The van der Waals surface area contributed by atoms with E-state index < -0.39 is 0 Å². The molecule has 22 heavy (non-hydrogen) atoms. The maximum atomic E-state index is 5.56. The summed E-state index contributed by atoms with van der Waals surface area (Å²) >= 11 is 13.1. The standard InChI is InChI=1S/2C6H6Br2N2.2ClH/c2*7-3-1-4(8)6(10)5(9)2-3;;/h2*1-2H,9-10H2;2*1H. The average molecular weight is 605 g/mol. The lowest BCUT2D eigenvalue weighted by Crippen LogP contribution is -1.94. The van der Waals surface area contributed by atoms with Gasteiger partial charge in [0.15, 0.2) is 0 Å². The maximum absolute atomic E-state index is 5.56. The van der Waals surface area contributed by atoms with Crippen molar-refractivity contribution in [3.05, 3.63) is 42.2 Å². The summed E-state index contributed by atoms with van der Waals surface area (Å²) in [6.45, 7) is 0. The van der Waals surface area contributed by atoms with E-state index >= 15 is 0 Å². The first-order chi connectivity index (χ1) is 9.22. The molecule has 0 bridgehead atoms. The average Bonchev–Trinajstić information content (AvgIpc) is 2.33. The number of benzene rings is 2. The second kappa shape index (κ2) is 10.8. The molecule has 0 atom stereocenters. The molecule has 2 aromatic carbocycles. The summed E-state index contributed by atoms with van der Waals surface area (Å²) in [4.78, 5) is 0. The Labute approximate surface area is 175 Å². The molecule has 0 aromatic heterocycles. The first-order valence-corrected chi connectivity index (χ1v) is 8.39. The molecule has 0 heterocycles. The van der Waals surface area contributed by atoms with Crippen LogP contribution in [-0.2, 0) is 0 Å². The number of anilines is 4. The van der Waals surface area contributed by atoms with Gasteiger partial charge < -0.3 is 22.9 Å². The second-order valence-electron chi connectivity index (χ2n) is 3.78. The SMILES string of the molecule is Cl.Cl.Nc1cc(Br)cc(Br)c1N.Nc1cc(Br)cc(Br)c1N. The Morgan fingerprint density at radius 2 is 0.818 bits per heavy atom. The predicted molar refractivity (Wildman–Crippen MR) is 116 cm³/mol. The van der Waals surface area contributed by atoms with Crippen molar-refractivity contribution >= 4 is 111 Å². The summed E-state index contributed by atoms with van der Waals surface area (Å²) in [5.74, 6) is 0. The molecule has 0 aliphatic carbocycles. The van der Waals surface area contributed by atoms with Crippen LogP contribution in [0.25, 0.3) is 0 Å². The van der Waals surface area contributed by atoms with Crippen LogP contribution in [0.3, 0.4) is 0 Å². The van der Waals surface area contributed by atoms with Gasteiger partial charge in [0, 0.05) is 17.9 Å². The van der Waals surface area contributed by atoms with E-state index in [0.29, 0.717) is 22.7 Å². The molecule has 0 radical (unpaired) electrons. The molecule has 8 N–H and O–H groups in total. The molecule has 0 aliphatic heterocycles. The number of nitrogens with two attached hydrogens (primary N) is 4. The Hall–Kier alpha value is 0.140. The third kappa shape index (κ3) is 7.14. The van der Waals surface area contributed by atoms with Gasteiger partial charge in [-0.05, 0) is 56.1 Å². The van der Waals surface area contributed by atoms with Gasteiger partial charge in [0.2, 0.25) is 0 Å². The number of halogens is 6. The van der Waals surface area contributed by atoms with Crippen molar-refractivity contribution in [3.63, 3.8) is 0 Å². The van der Waals surface area contributed by atoms with Gasteiger partial charge >= 0.3 is 0 Å². The molecular formula is C12H14Br4Cl2N4. The van der Waals surface area contributed by atoms with E-state index in [2.05, 4.69) is 63.7 Å². The van der Waals surface area contributed by atoms with E-state index in [9.17, 15) is 0 Å². The minimum absolute atomic E-state index is 0. The highest BCUT2D eigenvalue weighted by Crippen LogP contribution is 2.30. The van der Waals surface area contributed by atoms with Crippen molar-refractivity contribution in [2.45, 2.75) is 0 Å². The zero-order chi connectivity index (χ0) is 15.4. The predicted octanol–water partition coefficient (Wildman–Crippen LogP) is 5.60. The van der Waals surface area contributed by atoms with Crippen molar-refractivity contribution in [3.8, 4) is 0 Å². The van der Waals surface area contributed by atoms with Crippen molar-refractivity contribution in [2.24, 2.45) is 0 Å². The third-order valence-corrected chi connectivity index (χ3v) is 4.48. The molecule has 2 rings (SSSR count). The summed E-state index contributed by atoms with van der Waals surface area (Å²) in [6.07, 6.45) is 0. The van der Waals surface area contributed by atoms with Crippen molar-refractivity contribution in [2.75, 3.05) is 22.9 Å². The molecule has 124 valence electrons. The Morgan fingerprint density at radius 3 is 1.05 bits per heavy atom. The van der Waals surface area contributed by atoms with Crippen LogP contribution in [-0.4, -0.2) is 0 Å². The van der Waals surface area contributed by atoms with Gasteiger partial charge in [0.1, 0.15) is 0 Å². The first-order valence-electron chi connectivity index (χ1n) is 5.22. The Morgan fingerprint density at radius 1 is 0.545 bits per heavy atom. The van der Waals surface area contributed by atoms with Crippen LogP contribution >= 0.6 is 88.5 Å². The molecule has 4 nitrogen and oxygen atoms in total. The Bertz CT molecular complexity index is 539. The normalized spacial score (nSPS) is 8.91. The fraction of sp³-hybridized carbons (Fsp3) is 0. The molecule has 0 saturated heterocycles. The minimum atomic E-state index is 0. The molecular weight excluding hydrogens is 591 g/mol. The maximum Gasteiger partial charge on any atom is 0.0692 e. The molecule has 0 spiro atoms. The van der Waals surface area contributed by atoms with E-state index in [1.807, 2.05) is 12.1 Å². The van der Waals surface area contributed by atoms with Crippen LogP contribution in [0.4, 0.5) is 22.7 Å². The van der Waals surface area contributed by atoms with Crippen LogP contribution in [0.1, 0.15) is 0 Å². The molecule has 0 amide bonds. The Balaban J connectivity index is 0. The summed E-state index contributed by atoms with van der Waals surface area (Å²) in [7, 11) is 0. The van der Waals surface area contributed by atoms with Gasteiger partial charge in [0.05, 0.1) is 22.7 Å². The van der Waals surface area contributed by atoms with Crippen LogP contribution in [0, 0.1) is 0 Å². The molecule has 0 fully saturated rings. The van der Waals surface area contributed by atoms with Gasteiger partial charge in [0.25, 0.3) is 0 Å². The van der Waals surface area contributed by atoms with E-state index in [1.165, 1.54) is 0 Å². The van der Waals surface area contributed by atoms with E-state index in [4.69, 9.17) is 22.9 Å². The van der Waals surface area contributed by atoms with E-state index in [0.717, 1.165) is 17.9 Å². The molecule has 0 aliphatic rings. The van der Waals surface area contributed by atoms with Crippen molar-refractivity contribution in [1.29, 1.82) is 0 Å². The summed E-state index contributed by atoms with van der Waals surface area (Å²) in [6, 6.07) is 7.23. The Kier molecular flexibility index (Phi) is 12.0. The van der Waals surface area contributed by atoms with Crippen LogP contribution < -0.4 is 22.9 Å². The molecule has 10 heteroatoms. The quantitative estimate of drug-likeness (QED) is 0.294. The lowest BCUT2D eigenvalue weighted by atomic mass is 10.3. The lowest BCUT2D eigenvalue weighted by molar-refractivity contribution is 1.58. The van der Waals surface area contributed by atoms with Crippen LogP contribution in [0.2, 0.25) is 0 Å². The zero-order valence-corrected chi connectivity index (χ0v) is 18.9. The number of hydrogen-bond acceptors (Lipinski definition) is 4. The first kappa shape index (κ1) is 24.4. The van der Waals surface area contributed by atoms with E-state index in [-0.39, 0.29) is 24.8 Å². The van der Waals surface area contributed by atoms with Crippen LogP contribution in [0.5, 0.6) is 0 Å². The second-order valence-corrected chi connectivity index (χ2v) is 7.32. The number of nitrogen functional groups attached to an aromatic ring is 4.